The van der Waals surface area contributed by atoms with Gasteiger partial charge in [-0.15, -0.1) is 0 Å². The number of carbonyl (C=O) groups is 2. The van der Waals surface area contributed by atoms with Gasteiger partial charge in [-0.2, -0.15) is 5.26 Å². The molecule has 0 aromatic heterocycles. The molecule has 0 radical (unpaired) electrons. The number of amides is 2. The van der Waals surface area contributed by atoms with E-state index in [4.69, 9.17) is 14.2 Å². The summed E-state index contributed by atoms with van der Waals surface area (Å²) in [6.45, 7) is 1.72. The zero-order valence-corrected chi connectivity index (χ0v) is 21.5. The molecule has 0 unspecified atom stereocenters. The van der Waals surface area contributed by atoms with Gasteiger partial charge in [-0.05, 0) is 83.0 Å². The van der Waals surface area contributed by atoms with Gasteiger partial charge in [0, 0.05) is 11.4 Å². The van der Waals surface area contributed by atoms with Crippen molar-refractivity contribution >= 4 is 45.2 Å². The Morgan fingerprint density at radius 1 is 0.972 bits per heavy atom. The number of anilines is 2. The van der Waals surface area contributed by atoms with Crippen LogP contribution >= 0.6 is 15.9 Å². The van der Waals surface area contributed by atoms with Gasteiger partial charge in [0.15, 0.2) is 18.1 Å². The number of hydrogen-bond acceptors (Lipinski definition) is 6. The maximum Gasteiger partial charge on any atom is 0.266 e. The Hall–Kier alpha value is -4.29. The predicted octanol–water partition coefficient (Wildman–Crippen LogP) is 5.34. The van der Waals surface area contributed by atoms with Crippen LogP contribution in [0.5, 0.6) is 17.2 Å². The van der Waals surface area contributed by atoms with E-state index in [9.17, 15) is 14.9 Å². The number of nitrogens with zero attached hydrogens (tertiary/aromatic N) is 1. The van der Waals surface area contributed by atoms with Crippen LogP contribution in [0.4, 0.5) is 11.4 Å². The van der Waals surface area contributed by atoms with Gasteiger partial charge in [0.05, 0.1) is 18.7 Å². The summed E-state index contributed by atoms with van der Waals surface area (Å²) in [6.07, 6.45) is 1.43. The highest BCUT2D eigenvalue weighted by Gasteiger charge is 2.15. The number of aryl methyl sites for hydroxylation is 1. The van der Waals surface area contributed by atoms with E-state index in [1.54, 1.807) is 43.5 Å². The standard InChI is InChI=1S/C27H24BrN3O5/c1-17-4-6-20(7-5-17)30-25(32)16-36-26-23(28)13-18(14-24(26)35-3)12-19(15-29)27(33)31-21-8-10-22(34-2)11-9-21/h4-14H,16H2,1-3H3,(H,30,32)(H,31,33)/b19-12+. The Morgan fingerprint density at radius 2 is 1.61 bits per heavy atom. The Morgan fingerprint density at radius 3 is 2.22 bits per heavy atom. The fraction of sp³-hybridized carbons (Fsp3) is 0.148. The van der Waals surface area contributed by atoms with Gasteiger partial charge < -0.3 is 24.8 Å². The molecule has 0 saturated heterocycles. The molecule has 3 aromatic carbocycles. The highest BCUT2D eigenvalue weighted by Crippen LogP contribution is 2.37. The van der Waals surface area contributed by atoms with E-state index < -0.39 is 5.91 Å². The molecule has 0 bridgehead atoms. The van der Waals surface area contributed by atoms with Gasteiger partial charge in [0.2, 0.25) is 0 Å². The average molecular weight is 550 g/mol. The van der Waals surface area contributed by atoms with Crippen molar-refractivity contribution in [2.75, 3.05) is 31.5 Å². The highest BCUT2D eigenvalue weighted by atomic mass is 79.9. The van der Waals surface area contributed by atoms with Crippen LogP contribution in [0, 0.1) is 18.3 Å². The second kappa shape index (κ2) is 12.4. The summed E-state index contributed by atoms with van der Waals surface area (Å²) in [6, 6.07) is 19.3. The van der Waals surface area contributed by atoms with Crippen LogP contribution in [0.15, 0.2) is 70.7 Å². The van der Waals surface area contributed by atoms with Crippen molar-refractivity contribution in [3.05, 3.63) is 81.8 Å². The summed E-state index contributed by atoms with van der Waals surface area (Å²) < 4.78 is 16.7. The van der Waals surface area contributed by atoms with Crippen molar-refractivity contribution in [2.45, 2.75) is 6.92 Å². The zero-order valence-electron chi connectivity index (χ0n) is 19.9. The number of methoxy groups -OCH3 is 2. The fourth-order valence-corrected chi connectivity index (χ4v) is 3.70. The van der Waals surface area contributed by atoms with E-state index in [0.29, 0.717) is 38.7 Å². The molecular formula is C27H24BrN3O5. The molecular weight excluding hydrogens is 526 g/mol. The summed E-state index contributed by atoms with van der Waals surface area (Å²) in [7, 11) is 3.00. The highest BCUT2D eigenvalue weighted by molar-refractivity contribution is 9.10. The number of nitrogens with one attached hydrogen (secondary N) is 2. The number of carbonyl (C=O) groups excluding carboxylic acids is 2. The van der Waals surface area contributed by atoms with Crippen LogP contribution < -0.4 is 24.8 Å². The van der Waals surface area contributed by atoms with Crippen LogP contribution in [0.25, 0.3) is 6.08 Å². The van der Waals surface area contributed by atoms with E-state index >= 15 is 0 Å². The zero-order chi connectivity index (χ0) is 26.1. The molecule has 0 aliphatic rings. The smallest absolute Gasteiger partial charge is 0.266 e. The van der Waals surface area contributed by atoms with E-state index in [0.717, 1.165) is 5.56 Å². The normalized spacial score (nSPS) is 10.7. The molecule has 9 heteroatoms. The minimum absolute atomic E-state index is 0.106. The summed E-state index contributed by atoms with van der Waals surface area (Å²) >= 11 is 3.42. The molecule has 0 heterocycles. The van der Waals surface area contributed by atoms with Gasteiger partial charge in [-0.25, -0.2) is 0 Å². The molecule has 3 aromatic rings. The molecule has 36 heavy (non-hydrogen) atoms. The quantitative estimate of drug-likeness (QED) is 0.275. The van der Waals surface area contributed by atoms with Gasteiger partial charge in [-0.3, -0.25) is 9.59 Å². The minimum Gasteiger partial charge on any atom is -0.497 e. The predicted molar refractivity (Wildman–Crippen MR) is 141 cm³/mol. The summed E-state index contributed by atoms with van der Waals surface area (Å²) in [5.41, 5.74) is 2.69. The molecule has 0 saturated carbocycles. The van der Waals surface area contributed by atoms with Crippen LogP contribution in [0.2, 0.25) is 0 Å². The Kier molecular flexibility index (Phi) is 9.08. The van der Waals surface area contributed by atoms with Crippen molar-refractivity contribution < 1.29 is 23.8 Å². The second-order valence-corrected chi connectivity index (χ2v) is 8.44. The van der Waals surface area contributed by atoms with Crippen molar-refractivity contribution in [1.82, 2.24) is 0 Å². The lowest BCUT2D eigenvalue weighted by Crippen LogP contribution is -2.20. The van der Waals surface area contributed by atoms with Crippen molar-refractivity contribution in [3.8, 4) is 23.3 Å². The third kappa shape index (κ3) is 7.10. The fourth-order valence-electron chi connectivity index (χ4n) is 3.12. The SMILES string of the molecule is COc1ccc(NC(=O)/C(C#N)=C/c2cc(Br)c(OCC(=O)Nc3ccc(C)cc3)c(OC)c2)cc1. The largest absolute Gasteiger partial charge is 0.497 e. The Balaban J connectivity index is 1.72. The van der Waals surface area contributed by atoms with Crippen molar-refractivity contribution in [3.63, 3.8) is 0 Å². The van der Waals surface area contributed by atoms with Gasteiger partial charge in [0.1, 0.15) is 17.4 Å². The number of nitriles is 1. The second-order valence-electron chi connectivity index (χ2n) is 7.59. The van der Waals surface area contributed by atoms with E-state index in [1.165, 1.54) is 13.2 Å². The monoisotopic (exact) mass is 549 g/mol. The first-order valence-electron chi connectivity index (χ1n) is 10.8. The lowest BCUT2D eigenvalue weighted by molar-refractivity contribution is -0.118. The molecule has 8 nitrogen and oxygen atoms in total. The molecule has 2 N–H and O–H groups in total. The molecule has 2 amide bonds. The summed E-state index contributed by atoms with van der Waals surface area (Å²) in [5.74, 6) is 0.391. The van der Waals surface area contributed by atoms with Crippen LogP contribution in [0.1, 0.15) is 11.1 Å². The number of benzene rings is 3. The van der Waals surface area contributed by atoms with Crippen LogP contribution in [-0.4, -0.2) is 32.6 Å². The number of ether oxygens (including phenoxy) is 3. The number of rotatable bonds is 9. The lowest BCUT2D eigenvalue weighted by Gasteiger charge is -2.14. The van der Waals surface area contributed by atoms with E-state index in [-0.39, 0.29) is 18.1 Å². The molecule has 184 valence electrons. The number of hydrogen-bond donors (Lipinski definition) is 2. The third-order valence-corrected chi connectivity index (χ3v) is 5.55. The molecule has 0 fully saturated rings. The molecule has 0 atom stereocenters. The Bertz CT molecular complexity index is 1310. The topological polar surface area (TPSA) is 110 Å². The van der Waals surface area contributed by atoms with E-state index in [1.807, 2.05) is 37.3 Å². The summed E-state index contributed by atoms with van der Waals surface area (Å²) in [4.78, 5) is 24.9. The molecule has 0 aliphatic heterocycles. The Labute approximate surface area is 217 Å². The molecule has 0 aliphatic carbocycles. The first kappa shape index (κ1) is 26.3. The molecule has 0 spiro atoms. The number of halogens is 1. The maximum atomic E-state index is 12.6. The molecule has 3 rings (SSSR count). The minimum atomic E-state index is -0.564. The van der Waals surface area contributed by atoms with Crippen LogP contribution in [0.3, 0.4) is 0 Å². The maximum absolute atomic E-state index is 12.6. The van der Waals surface area contributed by atoms with E-state index in [2.05, 4.69) is 26.6 Å². The van der Waals surface area contributed by atoms with Crippen molar-refractivity contribution in [2.24, 2.45) is 0 Å². The summed E-state index contributed by atoms with van der Waals surface area (Å²) in [5, 5.41) is 15.0. The lowest BCUT2D eigenvalue weighted by atomic mass is 10.1. The first-order valence-corrected chi connectivity index (χ1v) is 11.6. The first-order chi connectivity index (χ1) is 17.3. The van der Waals surface area contributed by atoms with Gasteiger partial charge >= 0.3 is 0 Å². The van der Waals surface area contributed by atoms with Crippen molar-refractivity contribution in [1.29, 1.82) is 5.26 Å². The van der Waals surface area contributed by atoms with Gasteiger partial charge in [-0.1, -0.05) is 17.7 Å². The van der Waals surface area contributed by atoms with Gasteiger partial charge in [0.25, 0.3) is 11.8 Å². The van der Waals surface area contributed by atoms with Crippen LogP contribution in [-0.2, 0) is 9.59 Å². The third-order valence-electron chi connectivity index (χ3n) is 4.96. The average Bonchev–Trinajstić information content (AvgIpc) is 2.88.